The molecule has 0 spiro atoms. The topological polar surface area (TPSA) is 53.9 Å². The summed E-state index contributed by atoms with van der Waals surface area (Å²) in [6, 6.07) is 15.5. The maximum atomic E-state index is 12.2. The maximum Gasteiger partial charge on any atom is 0.251 e. The van der Waals surface area contributed by atoms with Gasteiger partial charge >= 0.3 is 0 Å². The van der Waals surface area contributed by atoms with Crippen LogP contribution >= 0.6 is 0 Å². The van der Waals surface area contributed by atoms with E-state index in [1.807, 2.05) is 67.4 Å². The Kier molecular flexibility index (Phi) is 5.89. The Labute approximate surface area is 154 Å². The predicted molar refractivity (Wildman–Crippen MR) is 105 cm³/mol. The minimum absolute atomic E-state index is 0.0618. The van der Waals surface area contributed by atoms with Crippen LogP contribution in [0.3, 0.4) is 0 Å². The first kappa shape index (κ1) is 18.0. The minimum atomic E-state index is -0.0618. The zero-order chi connectivity index (χ0) is 18.4. The highest BCUT2D eigenvalue weighted by Gasteiger charge is 2.13. The number of aryl methyl sites for hydroxylation is 1. The quantitative estimate of drug-likeness (QED) is 0.773. The molecule has 0 aromatic heterocycles. The lowest BCUT2D eigenvalue weighted by Gasteiger charge is -2.14. The number of rotatable bonds is 7. The molecule has 0 aliphatic carbocycles. The van der Waals surface area contributed by atoms with Crippen molar-refractivity contribution in [1.82, 2.24) is 5.32 Å². The molecule has 1 amide bonds. The summed E-state index contributed by atoms with van der Waals surface area (Å²) in [6.45, 7) is 6.13. The highest BCUT2D eigenvalue weighted by atomic mass is 16.5. The second-order valence-electron chi connectivity index (χ2n) is 6.53. The Morgan fingerprint density at radius 1 is 1.19 bits per heavy atom. The first-order valence-corrected chi connectivity index (χ1v) is 9.01. The van der Waals surface area contributed by atoms with E-state index in [1.165, 1.54) is 5.56 Å². The van der Waals surface area contributed by atoms with Gasteiger partial charge in [0, 0.05) is 30.8 Å². The molecule has 136 valence electrons. The average molecular weight is 351 g/mol. The van der Waals surface area contributed by atoms with Gasteiger partial charge in [0.15, 0.2) is 0 Å². The molecule has 5 heteroatoms. The molecule has 0 fully saturated rings. The molecule has 1 aliphatic rings. The van der Waals surface area contributed by atoms with Crippen LogP contribution in [-0.2, 0) is 0 Å². The molecular formula is C21H25N3O2. The Morgan fingerprint density at radius 3 is 2.69 bits per heavy atom. The Hall–Kier alpha value is -2.82. The highest BCUT2D eigenvalue weighted by Crippen LogP contribution is 2.19. The zero-order valence-corrected chi connectivity index (χ0v) is 15.4. The highest BCUT2D eigenvalue weighted by molar-refractivity contribution is 5.94. The number of nitrogens with zero attached hydrogens (tertiary/aromatic N) is 2. The summed E-state index contributed by atoms with van der Waals surface area (Å²) in [5.74, 6) is 0.805. The number of amides is 1. The van der Waals surface area contributed by atoms with Gasteiger partial charge in [-0.3, -0.25) is 9.80 Å². The third-order valence-electron chi connectivity index (χ3n) is 4.27. The molecule has 1 N–H and O–H groups in total. The summed E-state index contributed by atoms with van der Waals surface area (Å²) in [4.78, 5) is 12.2. The fourth-order valence-corrected chi connectivity index (χ4v) is 2.82. The summed E-state index contributed by atoms with van der Waals surface area (Å²) >= 11 is 0. The molecule has 3 rings (SSSR count). The van der Waals surface area contributed by atoms with E-state index < -0.39 is 0 Å². The van der Waals surface area contributed by atoms with E-state index in [0.29, 0.717) is 18.7 Å². The summed E-state index contributed by atoms with van der Waals surface area (Å²) in [7, 11) is 0. The van der Waals surface area contributed by atoms with E-state index in [9.17, 15) is 4.79 Å². The molecule has 26 heavy (non-hydrogen) atoms. The zero-order valence-electron chi connectivity index (χ0n) is 15.4. The van der Waals surface area contributed by atoms with Crippen molar-refractivity contribution in [2.45, 2.75) is 26.7 Å². The normalized spacial score (nSPS) is 13.5. The number of ether oxygens (including phenoxy) is 1. The monoisotopic (exact) mass is 351 g/mol. The fraction of sp³-hybridized carbons (Fsp3) is 0.333. The minimum Gasteiger partial charge on any atom is -0.494 e. The number of carbonyl (C=O) groups excluding carboxylic acids is 1. The largest absolute Gasteiger partial charge is 0.494 e. The second kappa shape index (κ2) is 8.52. The standard InChI is InChI=1S/C21H25N3O2/c1-16-5-3-6-20(15-16)26-14-4-12-22-21(25)18-7-9-19(10-8-18)24-13-11-17(2)23-24/h3,5-10,15H,4,11-14H2,1-2H3,(H,22,25). The van der Waals surface area contributed by atoms with Crippen LogP contribution in [0.5, 0.6) is 5.75 Å². The number of carbonyl (C=O) groups is 1. The summed E-state index contributed by atoms with van der Waals surface area (Å²) in [5.41, 5.74) is 3.99. The predicted octanol–water partition coefficient (Wildman–Crippen LogP) is 3.78. The van der Waals surface area contributed by atoms with Crippen LogP contribution in [0, 0.1) is 6.92 Å². The van der Waals surface area contributed by atoms with Crippen LogP contribution in [-0.4, -0.2) is 31.3 Å². The third kappa shape index (κ3) is 4.85. The van der Waals surface area contributed by atoms with Crippen LogP contribution in [0.1, 0.15) is 35.7 Å². The number of nitrogens with one attached hydrogen (secondary N) is 1. The molecule has 0 saturated carbocycles. The van der Waals surface area contributed by atoms with Gasteiger partial charge in [-0.15, -0.1) is 0 Å². The molecule has 0 atom stereocenters. The van der Waals surface area contributed by atoms with Crippen molar-refractivity contribution in [3.63, 3.8) is 0 Å². The van der Waals surface area contributed by atoms with Crippen LogP contribution in [0.2, 0.25) is 0 Å². The first-order chi connectivity index (χ1) is 12.6. The van der Waals surface area contributed by atoms with Crippen LogP contribution in [0.25, 0.3) is 0 Å². The molecule has 1 aliphatic heterocycles. The maximum absolute atomic E-state index is 12.2. The number of hydrogen-bond donors (Lipinski definition) is 1. The lowest BCUT2D eigenvalue weighted by Crippen LogP contribution is -2.25. The van der Waals surface area contributed by atoms with E-state index in [4.69, 9.17) is 4.74 Å². The number of hydrazone groups is 1. The van der Waals surface area contributed by atoms with Gasteiger partial charge in [-0.1, -0.05) is 12.1 Å². The van der Waals surface area contributed by atoms with Crippen LogP contribution in [0.15, 0.2) is 53.6 Å². The van der Waals surface area contributed by atoms with Crippen molar-refractivity contribution in [3.05, 3.63) is 59.7 Å². The summed E-state index contributed by atoms with van der Waals surface area (Å²) in [6.07, 6.45) is 1.76. The van der Waals surface area contributed by atoms with Gasteiger partial charge in [-0.05, 0) is 62.2 Å². The smallest absolute Gasteiger partial charge is 0.251 e. The van der Waals surface area contributed by atoms with E-state index >= 15 is 0 Å². The van der Waals surface area contributed by atoms with E-state index in [1.54, 1.807) is 0 Å². The van der Waals surface area contributed by atoms with Crippen molar-refractivity contribution >= 4 is 17.3 Å². The van der Waals surface area contributed by atoms with Crippen molar-refractivity contribution in [2.75, 3.05) is 24.7 Å². The van der Waals surface area contributed by atoms with E-state index in [2.05, 4.69) is 10.4 Å². The Morgan fingerprint density at radius 2 is 2.00 bits per heavy atom. The molecule has 0 radical (unpaired) electrons. The van der Waals surface area contributed by atoms with Crippen molar-refractivity contribution < 1.29 is 9.53 Å². The lowest BCUT2D eigenvalue weighted by molar-refractivity contribution is 0.0951. The van der Waals surface area contributed by atoms with Gasteiger partial charge in [-0.2, -0.15) is 5.10 Å². The Bertz CT molecular complexity index is 784. The van der Waals surface area contributed by atoms with Crippen molar-refractivity contribution in [3.8, 4) is 5.75 Å². The fourth-order valence-electron chi connectivity index (χ4n) is 2.82. The molecule has 0 unspecified atom stereocenters. The Balaban J connectivity index is 1.40. The van der Waals surface area contributed by atoms with Crippen molar-refractivity contribution in [2.24, 2.45) is 5.10 Å². The van der Waals surface area contributed by atoms with Gasteiger partial charge in [-0.25, -0.2) is 0 Å². The van der Waals surface area contributed by atoms with Gasteiger partial charge < -0.3 is 10.1 Å². The molecule has 0 bridgehead atoms. The van der Waals surface area contributed by atoms with Crippen LogP contribution in [0.4, 0.5) is 5.69 Å². The lowest BCUT2D eigenvalue weighted by atomic mass is 10.2. The molecule has 2 aromatic carbocycles. The molecule has 1 heterocycles. The third-order valence-corrected chi connectivity index (χ3v) is 4.27. The average Bonchev–Trinajstić information content (AvgIpc) is 3.08. The van der Waals surface area contributed by atoms with Gasteiger partial charge in [0.2, 0.25) is 0 Å². The number of hydrogen-bond acceptors (Lipinski definition) is 4. The summed E-state index contributed by atoms with van der Waals surface area (Å²) in [5, 5.41) is 9.37. The van der Waals surface area contributed by atoms with Gasteiger partial charge in [0.1, 0.15) is 5.75 Å². The van der Waals surface area contributed by atoms with Crippen LogP contribution < -0.4 is 15.1 Å². The summed E-state index contributed by atoms with van der Waals surface area (Å²) < 4.78 is 5.69. The van der Waals surface area contributed by atoms with Crippen molar-refractivity contribution in [1.29, 1.82) is 0 Å². The molecular weight excluding hydrogens is 326 g/mol. The van der Waals surface area contributed by atoms with Gasteiger partial charge in [0.25, 0.3) is 5.91 Å². The van der Waals surface area contributed by atoms with E-state index in [-0.39, 0.29) is 5.91 Å². The molecule has 5 nitrogen and oxygen atoms in total. The first-order valence-electron chi connectivity index (χ1n) is 9.01. The SMILES string of the molecule is CC1=NN(c2ccc(C(=O)NCCCOc3cccc(C)c3)cc2)CC1. The number of benzene rings is 2. The second-order valence-corrected chi connectivity index (χ2v) is 6.53. The van der Waals surface area contributed by atoms with E-state index in [0.717, 1.165) is 36.5 Å². The van der Waals surface area contributed by atoms with Gasteiger partial charge in [0.05, 0.1) is 12.3 Å². The number of anilines is 1. The molecule has 0 saturated heterocycles. The molecule has 2 aromatic rings.